The predicted molar refractivity (Wildman–Crippen MR) is 204 cm³/mol. The van der Waals surface area contributed by atoms with Gasteiger partial charge in [0.2, 0.25) is 0 Å². The second-order valence-electron chi connectivity index (χ2n) is 18.4. The molecule has 4 saturated heterocycles. The molecule has 1 unspecified atom stereocenters. The quantitative estimate of drug-likeness (QED) is 0.199. The van der Waals surface area contributed by atoms with Crippen molar-refractivity contribution in [3.8, 4) is 5.75 Å². The molecule has 274 valence electrons. The predicted octanol–water partition coefficient (Wildman–Crippen LogP) is 8.34. The van der Waals surface area contributed by atoms with E-state index in [-0.39, 0.29) is 45.3 Å². The van der Waals surface area contributed by atoms with E-state index < -0.39 is 38.7 Å². The summed E-state index contributed by atoms with van der Waals surface area (Å²) in [7, 11) is 4.43. The number of hydrogen-bond acceptors (Lipinski definition) is 7. The number of amides is 2. The number of piperazine rings is 1. The van der Waals surface area contributed by atoms with Gasteiger partial charge in [0.25, 0.3) is 11.8 Å². The van der Waals surface area contributed by atoms with E-state index in [9.17, 15) is 18.4 Å². The van der Waals surface area contributed by atoms with E-state index in [0.717, 1.165) is 11.1 Å². The van der Waals surface area contributed by atoms with Gasteiger partial charge in [-0.15, -0.1) is 0 Å². The van der Waals surface area contributed by atoms with Crippen molar-refractivity contribution in [3.63, 3.8) is 0 Å². The molecule has 8 nitrogen and oxygen atoms in total. The Balaban J connectivity index is 1.41. The van der Waals surface area contributed by atoms with Crippen LogP contribution in [-0.2, 0) is 26.3 Å². The van der Waals surface area contributed by atoms with Gasteiger partial charge in [-0.2, -0.15) is 0 Å². The summed E-state index contributed by atoms with van der Waals surface area (Å²) in [5, 5.41) is -0.708. The summed E-state index contributed by atoms with van der Waals surface area (Å²) in [5.74, 6) is 0.290. The van der Waals surface area contributed by atoms with Crippen molar-refractivity contribution >= 4 is 50.4 Å². The van der Waals surface area contributed by atoms with Crippen LogP contribution in [0.1, 0.15) is 108 Å². The number of ether oxygens (including phenoxy) is 1. The second kappa shape index (κ2) is 11.2. The topological polar surface area (TPSA) is 93.2 Å². The molecule has 0 radical (unpaired) electrons. The van der Waals surface area contributed by atoms with E-state index in [0.29, 0.717) is 11.4 Å². The first-order valence-electron chi connectivity index (χ1n) is 17.5. The minimum atomic E-state index is -2.70. The largest absolute Gasteiger partial charge is 0.755 e. The summed E-state index contributed by atoms with van der Waals surface area (Å²) >= 11 is -2.70. The lowest BCUT2D eigenvalue weighted by Crippen LogP contribution is -2.71. The van der Waals surface area contributed by atoms with Crippen molar-refractivity contribution in [1.29, 1.82) is 0 Å². The summed E-state index contributed by atoms with van der Waals surface area (Å²) in [6.07, 6.45) is -0.670. The molecule has 0 aliphatic carbocycles. The summed E-state index contributed by atoms with van der Waals surface area (Å²) in [5.41, 5.74) is 0.0855. The van der Waals surface area contributed by atoms with Crippen LogP contribution in [0.15, 0.2) is 48.5 Å². The lowest BCUT2D eigenvalue weighted by Gasteiger charge is -2.65. The first-order valence-corrected chi connectivity index (χ1v) is 20.7. The van der Waals surface area contributed by atoms with Crippen LogP contribution >= 0.6 is 21.6 Å². The number of carbonyl (C=O) groups excluding carboxylic acids is 2. The average molecular weight is 741 g/mol. The molecule has 4 fully saturated rings. The zero-order valence-corrected chi connectivity index (χ0v) is 34.5. The Hall–Kier alpha value is -2.21. The smallest absolute Gasteiger partial charge is 0.261 e. The summed E-state index contributed by atoms with van der Waals surface area (Å²) in [6.45, 7) is 30.2. The van der Waals surface area contributed by atoms with Crippen molar-refractivity contribution in [2.45, 2.75) is 124 Å². The fraction of sp³-hybridized carbons (Fsp3) is 0.641. The standard InChI is InChI=1S/C39H55N3O5S3/c1-32(2,3)33(4,5)34(6,7)35(8,9)36(10,11)37(12,13)47-25-21-19-24(20-22-25)38-23-39-31(44)40(14)29(48-49-39)28(43)41(39)30(38)42(50(45)46)27-18-16-15-17-26(27)38/h15-22,29-30H,23H2,1-14H3,(H,45,46)/p-1/t29-,30-,38-,39-/m0/s1. The highest BCUT2D eigenvalue weighted by molar-refractivity contribution is 8.78. The number of nitrogens with zero attached hydrogens (tertiary/aromatic N) is 3. The van der Waals surface area contributed by atoms with Crippen molar-refractivity contribution in [2.75, 3.05) is 11.4 Å². The SMILES string of the molecule is CN1C(=O)[C@@]23C[C@]4(c5ccc(OC(C)(C)C(C)(C)C(C)(C)C(C)(C)C(C)(C)C(C)(C)C)cc5)c5ccccc5N(S(=O)[O-])[C@@H]4N2C(=O)[C@@H]1SS3. The van der Waals surface area contributed by atoms with E-state index in [1.54, 1.807) is 18.0 Å². The molecule has 2 amide bonds. The van der Waals surface area contributed by atoms with Crippen LogP contribution < -0.4 is 9.04 Å². The molecule has 0 saturated carbocycles. The molecule has 0 N–H and O–H groups in total. The highest BCUT2D eigenvalue weighted by Crippen LogP contribution is 2.69. The highest BCUT2D eigenvalue weighted by atomic mass is 33.1. The monoisotopic (exact) mass is 740 g/mol. The van der Waals surface area contributed by atoms with Gasteiger partial charge in [0.05, 0.1) is 11.1 Å². The van der Waals surface area contributed by atoms with Crippen LogP contribution in [-0.4, -0.2) is 59.4 Å². The van der Waals surface area contributed by atoms with Gasteiger partial charge in [0.15, 0.2) is 10.2 Å². The van der Waals surface area contributed by atoms with Gasteiger partial charge in [-0.25, -0.2) is 0 Å². The fourth-order valence-corrected chi connectivity index (χ4v) is 13.4. The molecule has 0 aromatic heterocycles. The fourth-order valence-electron chi connectivity index (χ4n) is 9.23. The number of benzene rings is 2. The number of fused-ring (bicyclic) bond motifs is 5. The van der Waals surface area contributed by atoms with Crippen LogP contribution in [0.25, 0.3) is 0 Å². The summed E-state index contributed by atoms with van der Waals surface area (Å²) in [6, 6.07) is 15.3. The van der Waals surface area contributed by atoms with Crippen molar-refractivity contribution in [3.05, 3.63) is 59.7 Å². The summed E-state index contributed by atoms with van der Waals surface area (Å²) in [4.78, 5) is 29.9. The Morgan fingerprint density at radius 3 is 1.94 bits per heavy atom. The van der Waals surface area contributed by atoms with Gasteiger partial charge in [-0.05, 0) is 64.8 Å². The Labute approximate surface area is 309 Å². The Morgan fingerprint density at radius 1 is 0.820 bits per heavy atom. The lowest BCUT2D eigenvalue weighted by atomic mass is 9.41. The maximum Gasteiger partial charge on any atom is 0.261 e. The van der Waals surface area contributed by atoms with Crippen molar-refractivity contribution in [2.24, 2.45) is 27.1 Å². The molecule has 11 heteroatoms. The summed E-state index contributed by atoms with van der Waals surface area (Å²) < 4.78 is 34.3. The van der Waals surface area contributed by atoms with Gasteiger partial charge < -0.3 is 14.2 Å². The van der Waals surface area contributed by atoms with Crippen LogP contribution in [0.4, 0.5) is 5.69 Å². The third-order valence-corrected chi connectivity index (χ3v) is 19.1. The van der Waals surface area contributed by atoms with Crippen LogP contribution in [0.5, 0.6) is 5.75 Å². The molecule has 7 rings (SSSR count). The third kappa shape index (κ3) is 4.51. The Kier molecular flexibility index (Phi) is 8.37. The second-order valence-corrected chi connectivity index (χ2v) is 21.8. The highest BCUT2D eigenvalue weighted by Gasteiger charge is 2.76. The zero-order chi connectivity index (χ0) is 37.4. The molecule has 2 aromatic carbocycles. The first-order chi connectivity index (χ1) is 22.8. The van der Waals surface area contributed by atoms with Crippen LogP contribution in [0.3, 0.4) is 0 Å². The van der Waals surface area contributed by atoms with E-state index in [1.807, 2.05) is 42.5 Å². The van der Waals surface area contributed by atoms with E-state index in [4.69, 9.17) is 4.74 Å². The van der Waals surface area contributed by atoms with Gasteiger partial charge in [-0.1, -0.05) is 128 Å². The zero-order valence-electron chi connectivity index (χ0n) is 32.1. The normalized spacial score (nSPS) is 27.8. The van der Waals surface area contributed by atoms with Gasteiger partial charge in [0.1, 0.15) is 17.5 Å². The van der Waals surface area contributed by atoms with E-state index in [2.05, 4.69) is 90.0 Å². The molecular formula is C39H54N3O5S3-. The van der Waals surface area contributed by atoms with E-state index in [1.165, 1.54) is 30.8 Å². The van der Waals surface area contributed by atoms with Crippen LogP contribution in [0.2, 0.25) is 0 Å². The number of rotatable bonds is 8. The van der Waals surface area contributed by atoms with Gasteiger partial charge >= 0.3 is 0 Å². The van der Waals surface area contributed by atoms with Gasteiger partial charge in [-0.3, -0.25) is 23.0 Å². The molecule has 2 aromatic rings. The average Bonchev–Trinajstić information content (AvgIpc) is 3.47. The number of likely N-dealkylation sites (N-methyl/N-ethyl adjacent to an activating group) is 1. The number of anilines is 1. The van der Waals surface area contributed by atoms with Crippen LogP contribution in [0, 0.1) is 27.1 Å². The minimum Gasteiger partial charge on any atom is -0.755 e. The lowest BCUT2D eigenvalue weighted by molar-refractivity contribution is -0.185. The Morgan fingerprint density at radius 2 is 1.38 bits per heavy atom. The number of para-hydroxylation sites is 1. The molecule has 5 aliphatic rings. The minimum absolute atomic E-state index is 0.00472. The third-order valence-electron chi connectivity index (χ3n) is 15.1. The Bertz CT molecular complexity index is 1760. The molecule has 50 heavy (non-hydrogen) atoms. The molecule has 2 bridgehead atoms. The van der Waals surface area contributed by atoms with Crippen molar-refractivity contribution in [1.82, 2.24) is 9.80 Å². The van der Waals surface area contributed by atoms with Gasteiger partial charge in [0, 0.05) is 30.1 Å². The number of carbonyl (C=O) groups is 2. The van der Waals surface area contributed by atoms with E-state index >= 15 is 0 Å². The maximum atomic E-state index is 14.1. The molecular weight excluding hydrogens is 687 g/mol. The molecule has 1 spiro atoms. The molecule has 5 atom stereocenters. The number of hydrogen-bond donors (Lipinski definition) is 0. The molecule has 5 heterocycles. The first kappa shape index (κ1) is 37.5. The maximum absolute atomic E-state index is 14.1. The van der Waals surface area contributed by atoms with Crippen molar-refractivity contribution < 1.29 is 23.1 Å². The molecule has 5 aliphatic heterocycles.